The third-order valence-electron chi connectivity index (χ3n) is 2.04. The number of ketones is 1. The van der Waals surface area contributed by atoms with E-state index in [0.717, 1.165) is 0 Å². The minimum absolute atomic E-state index is 0. The monoisotopic (exact) mass is 266 g/mol. The number of anilines is 1. The number of carbonyl (C=O) groups excluding carboxylic acids is 1. The van der Waals surface area contributed by atoms with E-state index >= 15 is 0 Å². The van der Waals surface area contributed by atoms with Crippen molar-refractivity contribution in [1.82, 2.24) is 0 Å². The van der Waals surface area contributed by atoms with Crippen molar-refractivity contribution < 1.29 is 14.7 Å². The molecule has 0 saturated heterocycles. The van der Waals surface area contributed by atoms with Crippen LogP contribution in [0.1, 0.15) is 16.8 Å². The summed E-state index contributed by atoms with van der Waals surface area (Å²) in [7, 11) is 0. The summed E-state index contributed by atoms with van der Waals surface area (Å²) in [5.74, 6) is -1.66. The van der Waals surface area contributed by atoms with Gasteiger partial charge in [0.1, 0.15) is 6.04 Å². The molecule has 0 radical (unpaired) electrons. The Labute approximate surface area is 125 Å². The number of benzene rings is 1. The molecular weight excluding hydrogens is 255 g/mol. The van der Waals surface area contributed by atoms with E-state index in [2.05, 4.69) is 0 Å². The van der Waals surface area contributed by atoms with Gasteiger partial charge in [-0.05, 0) is 18.2 Å². The van der Waals surface area contributed by atoms with Crippen LogP contribution >= 0.6 is 11.6 Å². The zero-order chi connectivity index (χ0) is 12.3. The normalized spacial score (nSPS) is 11.4. The first-order valence-electron chi connectivity index (χ1n) is 4.48. The van der Waals surface area contributed by atoms with Crippen molar-refractivity contribution in [2.75, 3.05) is 5.73 Å². The zero-order valence-electron chi connectivity index (χ0n) is 8.31. The van der Waals surface area contributed by atoms with E-state index < -0.39 is 17.8 Å². The third kappa shape index (κ3) is 4.65. The van der Waals surface area contributed by atoms with E-state index in [9.17, 15) is 9.59 Å². The van der Waals surface area contributed by atoms with Gasteiger partial charge in [-0.15, -0.1) is 0 Å². The van der Waals surface area contributed by atoms with Gasteiger partial charge in [0.25, 0.3) is 0 Å². The molecule has 88 valence electrons. The number of hydrogen-bond donors (Lipinski definition) is 3. The molecule has 1 aromatic carbocycles. The van der Waals surface area contributed by atoms with Crippen LogP contribution in [-0.4, -0.2) is 52.5 Å². The average molecular weight is 267 g/mol. The number of carboxylic acid groups (broad SMARTS) is 1. The molecule has 1 aromatic rings. The van der Waals surface area contributed by atoms with E-state index in [4.69, 9.17) is 28.2 Å². The summed E-state index contributed by atoms with van der Waals surface area (Å²) in [6, 6.07) is 3.20. The van der Waals surface area contributed by atoms with Crippen LogP contribution in [0.15, 0.2) is 18.2 Å². The molecule has 0 saturated carbocycles. The van der Waals surface area contributed by atoms with Crippen LogP contribution in [0, 0.1) is 0 Å². The quantitative estimate of drug-likeness (QED) is 0.412. The average Bonchev–Trinajstić information content (AvgIpc) is 2.21. The summed E-state index contributed by atoms with van der Waals surface area (Å²) in [4.78, 5) is 22.1. The molecule has 5 nitrogen and oxygen atoms in total. The summed E-state index contributed by atoms with van der Waals surface area (Å²) >= 11 is 5.70. The summed E-state index contributed by atoms with van der Waals surface area (Å²) < 4.78 is 0. The van der Waals surface area contributed by atoms with Crippen LogP contribution in [0.3, 0.4) is 0 Å². The fraction of sp³-hybridized carbons (Fsp3) is 0.200. The molecule has 0 spiro atoms. The number of halogens is 1. The third-order valence-corrected chi connectivity index (χ3v) is 2.27. The Balaban J connectivity index is 0.00000256. The van der Waals surface area contributed by atoms with Gasteiger partial charge in [0, 0.05) is 22.7 Å². The Bertz CT molecular complexity index is 440. The van der Waals surface area contributed by atoms with Crippen molar-refractivity contribution in [2.45, 2.75) is 12.5 Å². The topological polar surface area (TPSA) is 106 Å². The molecule has 0 bridgehead atoms. The predicted molar refractivity (Wildman–Crippen MR) is 67.6 cm³/mol. The maximum absolute atomic E-state index is 11.7. The number of nitrogens with two attached hydrogens (primary N) is 2. The molecule has 7 heteroatoms. The Kier molecular flexibility index (Phi) is 6.74. The second kappa shape index (κ2) is 6.98. The summed E-state index contributed by atoms with van der Waals surface area (Å²) in [5, 5.41) is 8.93. The van der Waals surface area contributed by atoms with Crippen LogP contribution in [-0.2, 0) is 4.79 Å². The number of carboxylic acids is 1. The Morgan fingerprint density at radius 3 is 2.53 bits per heavy atom. The SMILES string of the molecule is Nc1ccc(Cl)cc1C(=O)CC(N)C(=O)O.[NaH]. The molecule has 0 aromatic heterocycles. The van der Waals surface area contributed by atoms with Gasteiger partial charge in [-0.2, -0.15) is 0 Å². The van der Waals surface area contributed by atoms with Crippen molar-refractivity contribution in [2.24, 2.45) is 5.73 Å². The van der Waals surface area contributed by atoms with Gasteiger partial charge in [0.15, 0.2) is 5.78 Å². The van der Waals surface area contributed by atoms with Crippen LogP contribution < -0.4 is 11.5 Å². The van der Waals surface area contributed by atoms with Gasteiger partial charge in [0.2, 0.25) is 0 Å². The zero-order valence-corrected chi connectivity index (χ0v) is 9.07. The molecule has 17 heavy (non-hydrogen) atoms. The molecular formula is C10H12ClN2NaO3. The molecule has 1 atom stereocenters. The second-order valence-electron chi connectivity index (χ2n) is 3.30. The van der Waals surface area contributed by atoms with Gasteiger partial charge in [0.05, 0.1) is 0 Å². The van der Waals surface area contributed by atoms with Crippen LogP contribution in [0.4, 0.5) is 5.69 Å². The Morgan fingerprint density at radius 2 is 2.00 bits per heavy atom. The van der Waals surface area contributed by atoms with Crippen molar-refractivity contribution in [1.29, 1.82) is 0 Å². The first kappa shape index (κ1) is 16.4. The van der Waals surface area contributed by atoms with E-state index in [1.807, 2.05) is 0 Å². The van der Waals surface area contributed by atoms with Crippen molar-refractivity contribution in [3.63, 3.8) is 0 Å². The van der Waals surface area contributed by atoms with Crippen LogP contribution in [0.5, 0.6) is 0 Å². The Morgan fingerprint density at radius 1 is 1.41 bits per heavy atom. The first-order chi connectivity index (χ1) is 7.41. The maximum atomic E-state index is 11.7. The number of aliphatic carboxylic acids is 1. The first-order valence-corrected chi connectivity index (χ1v) is 4.86. The van der Waals surface area contributed by atoms with Crippen LogP contribution in [0.25, 0.3) is 0 Å². The molecule has 0 amide bonds. The number of carbonyl (C=O) groups is 2. The summed E-state index contributed by atoms with van der Waals surface area (Å²) in [6.07, 6.45) is -0.306. The van der Waals surface area contributed by atoms with Gasteiger partial charge < -0.3 is 16.6 Å². The van der Waals surface area contributed by atoms with Crippen molar-refractivity contribution in [3.05, 3.63) is 28.8 Å². The van der Waals surface area contributed by atoms with Gasteiger partial charge >= 0.3 is 35.5 Å². The van der Waals surface area contributed by atoms with Crippen LogP contribution in [0.2, 0.25) is 5.02 Å². The van der Waals surface area contributed by atoms with Gasteiger partial charge in [-0.1, -0.05) is 11.6 Å². The summed E-state index contributed by atoms with van der Waals surface area (Å²) in [6.45, 7) is 0. The number of Topliss-reactive ketones (excluding diaryl/α,β-unsaturated/α-hetero) is 1. The molecule has 0 heterocycles. The number of hydrogen-bond acceptors (Lipinski definition) is 4. The van der Waals surface area contributed by atoms with E-state index in [1.54, 1.807) is 6.07 Å². The van der Waals surface area contributed by atoms with E-state index in [0.29, 0.717) is 5.02 Å². The fourth-order valence-corrected chi connectivity index (χ4v) is 1.34. The molecule has 0 aliphatic carbocycles. The van der Waals surface area contributed by atoms with Crippen molar-refractivity contribution in [3.8, 4) is 0 Å². The summed E-state index contributed by atoms with van der Waals surface area (Å²) in [5.41, 5.74) is 11.3. The van der Waals surface area contributed by atoms with Gasteiger partial charge in [-0.25, -0.2) is 0 Å². The molecule has 0 fully saturated rings. The minimum atomic E-state index is -1.23. The molecule has 0 aliphatic heterocycles. The Hall–Kier alpha value is -0.590. The van der Waals surface area contributed by atoms with Gasteiger partial charge in [-0.3, -0.25) is 9.59 Å². The predicted octanol–water partition coefficient (Wildman–Crippen LogP) is 0.258. The number of rotatable bonds is 4. The standard InChI is InChI=1S/C10H11ClN2O3.Na.H/c11-5-1-2-7(12)6(3-5)9(14)4-8(13)10(15)16;;/h1-3,8H,4,12-13H2,(H,15,16);;. The van der Waals surface area contributed by atoms with E-state index in [1.165, 1.54) is 12.1 Å². The molecule has 1 rings (SSSR count). The number of nitrogen functional groups attached to an aromatic ring is 1. The fourth-order valence-electron chi connectivity index (χ4n) is 1.17. The second-order valence-corrected chi connectivity index (χ2v) is 3.74. The van der Waals surface area contributed by atoms with Crippen molar-refractivity contribution >= 4 is 58.6 Å². The molecule has 5 N–H and O–H groups in total. The van der Waals surface area contributed by atoms with E-state index in [-0.39, 0.29) is 47.2 Å². The molecule has 0 aliphatic rings. The molecule has 1 unspecified atom stereocenters.